The van der Waals surface area contributed by atoms with Crippen molar-refractivity contribution in [3.05, 3.63) is 23.8 Å². The lowest BCUT2D eigenvalue weighted by molar-refractivity contribution is -0.112. The third-order valence-electron chi connectivity index (χ3n) is 4.29. The molecule has 3 rings (SSSR count). The van der Waals surface area contributed by atoms with Gasteiger partial charge in [-0.3, -0.25) is 9.59 Å². The number of carbonyl (C=O) groups excluding carboxylic acids is 2. The molecule has 1 atom stereocenters. The first-order chi connectivity index (χ1) is 9.56. The fourth-order valence-corrected chi connectivity index (χ4v) is 2.97. The van der Waals surface area contributed by atoms with Gasteiger partial charge in [0.05, 0.1) is 17.4 Å². The van der Waals surface area contributed by atoms with Crippen LogP contribution in [-0.4, -0.2) is 36.0 Å². The number of benzene rings is 1. The zero-order valence-corrected chi connectivity index (χ0v) is 11.4. The molecule has 1 amide bonds. The van der Waals surface area contributed by atoms with E-state index in [-0.39, 0.29) is 6.10 Å². The van der Waals surface area contributed by atoms with E-state index in [1.165, 1.54) is 0 Å². The number of piperidine rings is 1. The minimum Gasteiger partial charge on any atom is -0.393 e. The molecule has 0 radical (unpaired) electrons. The largest absolute Gasteiger partial charge is 0.393 e. The Hall–Kier alpha value is -1.88. The SMILES string of the molecule is CC(O)C1CCN(c2ccc3c(c2)NC(=O)C3=O)CC1. The molecule has 1 aromatic carbocycles. The van der Waals surface area contributed by atoms with E-state index in [2.05, 4.69) is 10.2 Å². The van der Waals surface area contributed by atoms with E-state index in [1.54, 1.807) is 6.07 Å². The van der Waals surface area contributed by atoms with E-state index in [0.29, 0.717) is 17.2 Å². The molecule has 2 aliphatic heterocycles. The van der Waals surface area contributed by atoms with E-state index in [1.807, 2.05) is 19.1 Å². The van der Waals surface area contributed by atoms with Crippen LogP contribution >= 0.6 is 0 Å². The van der Waals surface area contributed by atoms with E-state index in [0.717, 1.165) is 31.6 Å². The van der Waals surface area contributed by atoms with Crippen LogP contribution in [0, 0.1) is 5.92 Å². The van der Waals surface area contributed by atoms with Gasteiger partial charge in [0.15, 0.2) is 0 Å². The second-order valence-corrected chi connectivity index (χ2v) is 5.58. The van der Waals surface area contributed by atoms with Gasteiger partial charge in [0.25, 0.3) is 11.7 Å². The summed E-state index contributed by atoms with van der Waals surface area (Å²) in [6, 6.07) is 5.46. The maximum absolute atomic E-state index is 11.5. The Labute approximate surface area is 117 Å². The Balaban J connectivity index is 1.76. The van der Waals surface area contributed by atoms with Gasteiger partial charge >= 0.3 is 0 Å². The van der Waals surface area contributed by atoms with Gasteiger partial charge in [-0.2, -0.15) is 0 Å². The number of aliphatic hydroxyl groups is 1. The van der Waals surface area contributed by atoms with Crippen LogP contribution in [0.2, 0.25) is 0 Å². The predicted octanol–water partition coefficient (Wildman–Crippen LogP) is 1.42. The molecule has 0 saturated carbocycles. The van der Waals surface area contributed by atoms with Crippen molar-refractivity contribution in [2.24, 2.45) is 5.92 Å². The zero-order valence-electron chi connectivity index (χ0n) is 11.4. The number of nitrogens with zero attached hydrogens (tertiary/aromatic N) is 1. The molecule has 2 aliphatic rings. The normalized spacial score (nSPS) is 20.8. The smallest absolute Gasteiger partial charge is 0.296 e. The molecule has 5 heteroatoms. The van der Waals surface area contributed by atoms with Gasteiger partial charge in [0.1, 0.15) is 0 Å². The standard InChI is InChI=1S/C15H18N2O3/c1-9(18)10-4-6-17(7-5-10)11-2-3-12-13(8-11)16-15(20)14(12)19/h2-3,8-10,18H,4-7H2,1H3,(H,16,19,20). The second kappa shape index (κ2) is 4.90. The average Bonchev–Trinajstić information content (AvgIpc) is 2.74. The number of amides is 1. The lowest BCUT2D eigenvalue weighted by Gasteiger charge is -2.35. The molecule has 1 saturated heterocycles. The van der Waals surface area contributed by atoms with Crippen molar-refractivity contribution in [3.8, 4) is 0 Å². The van der Waals surface area contributed by atoms with E-state index in [4.69, 9.17) is 0 Å². The minimum atomic E-state index is -0.551. The Kier molecular flexibility index (Phi) is 3.22. The summed E-state index contributed by atoms with van der Waals surface area (Å²) < 4.78 is 0. The molecule has 1 unspecified atom stereocenters. The molecule has 20 heavy (non-hydrogen) atoms. The number of fused-ring (bicyclic) bond motifs is 1. The highest BCUT2D eigenvalue weighted by Crippen LogP contribution is 2.31. The summed E-state index contributed by atoms with van der Waals surface area (Å²) in [5, 5.41) is 12.2. The Morgan fingerprint density at radius 1 is 1.30 bits per heavy atom. The van der Waals surface area contributed by atoms with Crippen LogP contribution in [0.3, 0.4) is 0 Å². The van der Waals surface area contributed by atoms with Crippen LogP contribution in [0.5, 0.6) is 0 Å². The number of hydrogen-bond acceptors (Lipinski definition) is 4. The first-order valence-electron chi connectivity index (χ1n) is 6.99. The highest BCUT2D eigenvalue weighted by Gasteiger charge is 2.29. The number of ketones is 1. The Morgan fingerprint density at radius 3 is 2.65 bits per heavy atom. The summed E-state index contributed by atoms with van der Waals surface area (Å²) in [6.45, 7) is 3.61. The highest BCUT2D eigenvalue weighted by molar-refractivity contribution is 6.51. The van der Waals surface area contributed by atoms with Crippen LogP contribution in [0.1, 0.15) is 30.1 Å². The minimum absolute atomic E-state index is 0.255. The van der Waals surface area contributed by atoms with Crippen molar-refractivity contribution < 1.29 is 14.7 Å². The summed E-state index contributed by atoms with van der Waals surface area (Å²) in [5.74, 6) is -0.647. The maximum Gasteiger partial charge on any atom is 0.296 e. The molecular formula is C15H18N2O3. The summed E-state index contributed by atoms with van der Waals surface area (Å²) in [7, 11) is 0. The summed E-state index contributed by atoms with van der Waals surface area (Å²) in [6.07, 6.45) is 1.66. The summed E-state index contributed by atoms with van der Waals surface area (Å²) >= 11 is 0. The van der Waals surface area contributed by atoms with E-state index in [9.17, 15) is 14.7 Å². The van der Waals surface area contributed by atoms with Gasteiger partial charge in [0.2, 0.25) is 0 Å². The molecule has 0 aliphatic carbocycles. The van der Waals surface area contributed by atoms with Gasteiger partial charge in [-0.1, -0.05) is 0 Å². The lowest BCUT2D eigenvalue weighted by atomic mass is 9.92. The molecule has 5 nitrogen and oxygen atoms in total. The van der Waals surface area contributed by atoms with Gasteiger partial charge in [0, 0.05) is 18.8 Å². The molecule has 1 fully saturated rings. The van der Waals surface area contributed by atoms with Gasteiger partial charge in [-0.15, -0.1) is 0 Å². The van der Waals surface area contributed by atoms with Crippen LogP contribution in [0.25, 0.3) is 0 Å². The molecule has 0 spiro atoms. The number of rotatable bonds is 2. The summed E-state index contributed by atoms with van der Waals surface area (Å²) in [4.78, 5) is 25.1. The number of carbonyl (C=O) groups is 2. The number of hydrogen-bond donors (Lipinski definition) is 2. The van der Waals surface area contributed by atoms with E-state index >= 15 is 0 Å². The van der Waals surface area contributed by atoms with Crippen molar-refractivity contribution >= 4 is 23.1 Å². The Morgan fingerprint density at radius 2 is 2.00 bits per heavy atom. The average molecular weight is 274 g/mol. The fourth-order valence-electron chi connectivity index (χ4n) is 2.97. The first kappa shape index (κ1) is 13.1. The molecule has 106 valence electrons. The highest BCUT2D eigenvalue weighted by atomic mass is 16.3. The second-order valence-electron chi connectivity index (χ2n) is 5.58. The third-order valence-corrected chi connectivity index (χ3v) is 4.29. The summed E-state index contributed by atoms with van der Waals surface area (Å²) in [5.41, 5.74) is 2.08. The fraction of sp³-hybridized carbons (Fsp3) is 0.467. The molecule has 2 heterocycles. The quantitative estimate of drug-likeness (QED) is 0.800. The molecule has 1 aromatic rings. The van der Waals surface area contributed by atoms with Gasteiger partial charge < -0.3 is 15.3 Å². The number of nitrogens with one attached hydrogen (secondary N) is 1. The lowest BCUT2D eigenvalue weighted by Crippen LogP contribution is -2.37. The predicted molar refractivity (Wildman–Crippen MR) is 76.0 cm³/mol. The molecular weight excluding hydrogens is 256 g/mol. The molecule has 0 bridgehead atoms. The van der Waals surface area contributed by atoms with Crippen molar-refractivity contribution in [2.45, 2.75) is 25.9 Å². The molecule has 0 aromatic heterocycles. The van der Waals surface area contributed by atoms with Crippen molar-refractivity contribution in [1.29, 1.82) is 0 Å². The Bertz CT molecular complexity index is 560. The van der Waals surface area contributed by atoms with Crippen LogP contribution in [0.15, 0.2) is 18.2 Å². The molecule has 2 N–H and O–H groups in total. The van der Waals surface area contributed by atoms with Crippen molar-refractivity contribution in [2.75, 3.05) is 23.3 Å². The van der Waals surface area contributed by atoms with E-state index < -0.39 is 11.7 Å². The van der Waals surface area contributed by atoms with Crippen LogP contribution in [0.4, 0.5) is 11.4 Å². The third kappa shape index (κ3) is 2.18. The maximum atomic E-state index is 11.5. The van der Waals surface area contributed by atoms with Gasteiger partial charge in [-0.25, -0.2) is 0 Å². The van der Waals surface area contributed by atoms with Crippen molar-refractivity contribution in [1.82, 2.24) is 0 Å². The van der Waals surface area contributed by atoms with Crippen molar-refractivity contribution in [3.63, 3.8) is 0 Å². The van der Waals surface area contributed by atoms with Crippen LogP contribution < -0.4 is 10.2 Å². The monoisotopic (exact) mass is 274 g/mol. The number of aliphatic hydroxyl groups excluding tert-OH is 1. The van der Waals surface area contributed by atoms with Gasteiger partial charge in [-0.05, 0) is 43.9 Å². The zero-order chi connectivity index (χ0) is 14.3. The first-order valence-corrected chi connectivity index (χ1v) is 6.99. The number of Topliss-reactive ketones (excluding diaryl/α,β-unsaturated/α-hetero) is 1. The van der Waals surface area contributed by atoms with Crippen LogP contribution in [-0.2, 0) is 4.79 Å². The number of anilines is 2. The topological polar surface area (TPSA) is 69.6 Å².